The molecule has 8 heteroatoms. The molecular weight excluding hydrogens is 325 g/mol. The number of nitrogens with one attached hydrogen (secondary N) is 2. The quantitative estimate of drug-likeness (QED) is 0.857. The average Bonchev–Trinajstić information content (AvgIpc) is 2.52. The molecule has 0 bridgehead atoms. The molecule has 1 amide bonds. The Bertz CT molecular complexity index is 570. The molecule has 1 atom stereocenters. The van der Waals surface area contributed by atoms with Crippen molar-refractivity contribution in [2.24, 2.45) is 0 Å². The molecule has 1 saturated heterocycles. The van der Waals surface area contributed by atoms with Gasteiger partial charge in [-0.25, -0.2) is 0 Å². The molecule has 2 rings (SSSR count). The van der Waals surface area contributed by atoms with Gasteiger partial charge in [0.1, 0.15) is 11.9 Å². The largest absolute Gasteiger partial charge is 0.491 e. The molecule has 1 fully saturated rings. The number of carbonyl (C=O) groups excluding carboxylic acids is 1. The van der Waals surface area contributed by atoms with Gasteiger partial charge in [0, 0.05) is 19.6 Å². The highest BCUT2D eigenvalue weighted by atomic mass is 19.4. The Balaban J connectivity index is 2.09. The molecule has 0 spiro atoms. The summed E-state index contributed by atoms with van der Waals surface area (Å²) in [6.45, 7) is 4.64. The van der Waals surface area contributed by atoms with Gasteiger partial charge in [-0.05, 0) is 31.5 Å². The summed E-state index contributed by atoms with van der Waals surface area (Å²) in [6, 6.07) is 3.75. The number of alkyl halides is 3. The summed E-state index contributed by atoms with van der Waals surface area (Å²) in [5.41, 5.74) is -0.834. The molecule has 1 aliphatic rings. The van der Waals surface area contributed by atoms with Crippen molar-refractivity contribution in [2.75, 3.05) is 19.7 Å². The standard InChI is InChI=1S/C16H21F3N2O3/c1-10(2)24-12-4-3-11(13(7-12)16(17,18)19)8-21-15(22)14-9-20-5-6-23-14/h3-4,7,10,14,20H,5-6,8-9H2,1-2H3,(H,21,22). The minimum atomic E-state index is -4.53. The number of morpholine rings is 1. The second kappa shape index (κ2) is 7.85. The molecule has 1 aromatic carbocycles. The summed E-state index contributed by atoms with van der Waals surface area (Å²) >= 11 is 0. The van der Waals surface area contributed by atoms with E-state index in [2.05, 4.69) is 10.6 Å². The van der Waals surface area contributed by atoms with Crippen molar-refractivity contribution in [3.05, 3.63) is 29.3 Å². The summed E-state index contributed by atoms with van der Waals surface area (Å²) in [7, 11) is 0. The van der Waals surface area contributed by atoms with E-state index in [1.54, 1.807) is 13.8 Å². The lowest BCUT2D eigenvalue weighted by molar-refractivity contribution is -0.139. The van der Waals surface area contributed by atoms with Gasteiger partial charge in [0.05, 0.1) is 18.3 Å². The number of benzene rings is 1. The number of hydrogen-bond donors (Lipinski definition) is 2. The van der Waals surface area contributed by atoms with Crippen LogP contribution in [0.3, 0.4) is 0 Å². The van der Waals surface area contributed by atoms with Crippen molar-refractivity contribution < 1.29 is 27.4 Å². The SMILES string of the molecule is CC(C)Oc1ccc(CNC(=O)C2CNCCO2)c(C(F)(F)F)c1. The van der Waals surface area contributed by atoms with Gasteiger partial charge < -0.3 is 20.1 Å². The Labute approximate surface area is 138 Å². The topological polar surface area (TPSA) is 59.6 Å². The first-order valence-corrected chi connectivity index (χ1v) is 7.74. The van der Waals surface area contributed by atoms with Crippen LogP contribution in [-0.2, 0) is 22.3 Å². The molecule has 5 nitrogen and oxygen atoms in total. The molecule has 2 N–H and O–H groups in total. The van der Waals surface area contributed by atoms with Crippen LogP contribution in [-0.4, -0.2) is 37.8 Å². The zero-order valence-electron chi connectivity index (χ0n) is 13.6. The van der Waals surface area contributed by atoms with E-state index < -0.39 is 23.8 Å². The van der Waals surface area contributed by atoms with Crippen molar-refractivity contribution in [3.8, 4) is 5.75 Å². The van der Waals surface area contributed by atoms with Gasteiger partial charge in [0.15, 0.2) is 0 Å². The molecule has 134 valence electrons. The van der Waals surface area contributed by atoms with Gasteiger partial charge in [-0.2, -0.15) is 13.2 Å². The van der Waals surface area contributed by atoms with Crippen LogP contribution in [0.25, 0.3) is 0 Å². The summed E-state index contributed by atoms with van der Waals surface area (Å²) in [4.78, 5) is 12.0. The van der Waals surface area contributed by atoms with Crippen LogP contribution in [0.5, 0.6) is 5.75 Å². The normalized spacial score (nSPS) is 18.5. The molecular formula is C16H21F3N2O3. The Morgan fingerprint density at radius 3 is 2.79 bits per heavy atom. The molecule has 0 aliphatic carbocycles. The predicted octanol–water partition coefficient (Wildman–Crippen LogP) is 2.10. The van der Waals surface area contributed by atoms with Crippen LogP contribution in [0.4, 0.5) is 13.2 Å². The summed E-state index contributed by atoms with van der Waals surface area (Å²) < 4.78 is 50.3. The van der Waals surface area contributed by atoms with Crippen LogP contribution < -0.4 is 15.4 Å². The Hall–Kier alpha value is -1.80. The van der Waals surface area contributed by atoms with Crippen LogP contribution >= 0.6 is 0 Å². The van der Waals surface area contributed by atoms with Crippen LogP contribution in [0.1, 0.15) is 25.0 Å². The van der Waals surface area contributed by atoms with E-state index in [0.29, 0.717) is 19.7 Å². The van der Waals surface area contributed by atoms with E-state index in [-0.39, 0.29) is 24.0 Å². The first-order valence-electron chi connectivity index (χ1n) is 7.74. The second-order valence-corrected chi connectivity index (χ2v) is 5.76. The fraction of sp³-hybridized carbons (Fsp3) is 0.562. The number of ether oxygens (including phenoxy) is 2. The van der Waals surface area contributed by atoms with Crippen LogP contribution in [0, 0.1) is 0 Å². The maximum atomic E-state index is 13.2. The van der Waals surface area contributed by atoms with E-state index in [1.165, 1.54) is 12.1 Å². The molecule has 0 aromatic heterocycles. The van der Waals surface area contributed by atoms with Gasteiger partial charge in [-0.1, -0.05) is 6.07 Å². The fourth-order valence-electron chi connectivity index (χ4n) is 2.35. The van der Waals surface area contributed by atoms with E-state index in [1.807, 2.05) is 0 Å². The molecule has 1 aromatic rings. The Morgan fingerprint density at radius 1 is 1.46 bits per heavy atom. The van der Waals surface area contributed by atoms with Gasteiger partial charge in [-0.15, -0.1) is 0 Å². The van der Waals surface area contributed by atoms with E-state index in [9.17, 15) is 18.0 Å². The Kier molecular flexibility index (Phi) is 6.06. The smallest absolute Gasteiger partial charge is 0.416 e. The number of rotatable bonds is 5. The third kappa shape index (κ3) is 5.10. The molecule has 0 saturated carbocycles. The van der Waals surface area contributed by atoms with E-state index >= 15 is 0 Å². The maximum absolute atomic E-state index is 13.2. The summed E-state index contributed by atoms with van der Waals surface area (Å²) in [5, 5.41) is 5.49. The van der Waals surface area contributed by atoms with Gasteiger partial charge in [0.2, 0.25) is 0 Å². The minimum absolute atomic E-state index is 0.0178. The fourth-order valence-corrected chi connectivity index (χ4v) is 2.35. The minimum Gasteiger partial charge on any atom is -0.491 e. The Morgan fingerprint density at radius 2 is 2.21 bits per heavy atom. The van der Waals surface area contributed by atoms with Crippen LogP contribution in [0.2, 0.25) is 0 Å². The average molecular weight is 346 g/mol. The lowest BCUT2D eigenvalue weighted by Gasteiger charge is -2.23. The molecule has 1 unspecified atom stereocenters. The van der Waals surface area contributed by atoms with Crippen LogP contribution in [0.15, 0.2) is 18.2 Å². The van der Waals surface area contributed by atoms with Crippen molar-refractivity contribution in [2.45, 2.75) is 38.8 Å². The summed E-state index contributed by atoms with van der Waals surface area (Å²) in [5.74, 6) is -0.287. The second-order valence-electron chi connectivity index (χ2n) is 5.76. The zero-order chi connectivity index (χ0) is 17.7. The monoisotopic (exact) mass is 346 g/mol. The highest BCUT2D eigenvalue weighted by Gasteiger charge is 2.34. The van der Waals surface area contributed by atoms with E-state index in [0.717, 1.165) is 6.07 Å². The van der Waals surface area contributed by atoms with Crippen molar-refractivity contribution >= 4 is 5.91 Å². The number of halogens is 3. The third-order valence-corrected chi connectivity index (χ3v) is 3.43. The van der Waals surface area contributed by atoms with Gasteiger partial charge >= 0.3 is 6.18 Å². The van der Waals surface area contributed by atoms with Crippen molar-refractivity contribution in [1.29, 1.82) is 0 Å². The highest BCUT2D eigenvalue weighted by molar-refractivity contribution is 5.81. The molecule has 1 aliphatic heterocycles. The summed E-state index contributed by atoms with van der Waals surface area (Å²) in [6.07, 6.45) is -5.44. The van der Waals surface area contributed by atoms with Gasteiger partial charge in [0.25, 0.3) is 5.91 Å². The zero-order valence-corrected chi connectivity index (χ0v) is 13.6. The molecule has 1 heterocycles. The number of amides is 1. The lowest BCUT2D eigenvalue weighted by Crippen LogP contribution is -2.47. The van der Waals surface area contributed by atoms with Crippen molar-refractivity contribution in [1.82, 2.24) is 10.6 Å². The number of carbonyl (C=O) groups is 1. The predicted molar refractivity (Wildman–Crippen MR) is 81.7 cm³/mol. The first-order chi connectivity index (χ1) is 11.3. The first kappa shape index (κ1) is 18.5. The van der Waals surface area contributed by atoms with Gasteiger partial charge in [-0.3, -0.25) is 4.79 Å². The lowest BCUT2D eigenvalue weighted by atomic mass is 10.1. The van der Waals surface area contributed by atoms with Crippen molar-refractivity contribution in [3.63, 3.8) is 0 Å². The number of hydrogen-bond acceptors (Lipinski definition) is 4. The molecule has 24 heavy (non-hydrogen) atoms. The highest BCUT2D eigenvalue weighted by Crippen LogP contribution is 2.34. The molecule has 0 radical (unpaired) electrons. The maximum Gasteiger partial charge on any atom is 0.416 e. The third-order valence-electron chi connectivity index (χ3n) is 3.43. The van der Waals surface area contributed by atoms with E-state index in [4.69, 9.17) is 9.47 Å².